The zero-order valence-corrected chi connectivity index (χ0v) is 24.2. The summed E-state index contributed by atoms with van der Waals surface area (Å²) in [4.78, 5) is 50.4. The quantitative estimate of drug-likeness (QED) is 0.205. The predicted octanol–water partition coefficient (Wildman–Crippen LogP) is 5.28. The second-order valence-electron chi connectivity index (χ2n) is 10.2. The van der Waals surface area contributed by atoms with Crippen molar-refractivity contribution in [2.45, 2.75) is 39.2 Å². The highest BCUT2D eigenvalue weighted by Crippen LogP contribution is 2.31. The first-order valence-corrected chi connectivity index (χ1v) is 13.6. The molecule has 42 heavy (non-hydrogen) atoms. The minimum Gasteiger partial charge on any atom is -0.493 e. The van der Waals surface area contributed by atoms with E-state index in [1.54, 1.807) is 66.7 Å². The number of nitrogens with one attached hydrogen (secondary N) is 3. The molecule has 3 rings (SSSR count). The normalized spacial score (nSPS) is 12.1. The SMILES string of the molecule is COc1ccc(C(CC(=O)O)NC(=O)C(CC(=O)Nc2ccc(NC(=O)c3ccccc3)cc2)CC(C)C)cc1OC. The van der Waals surface area contributed by atoms with Crippen molar-refractivity contribution in [2.24, 2.45) is 11.8 Å². The summed E-state index contributed by atoms with van der Waals surface area (Å²) in [7, 11) is 2.96. The third-order valence-corrected chi connectivity index (χ3v) is 6.53. The Labute approximate surface area is 245 Å². The fourth-order valence-corrected chi connectivity index (χ4v) is 4.50. The Hall–Kier alpha value is -4.86. The molecule has 10 heteroatoms. The molecule has 10 nitrogen and oxygen atoms in total. The van der Waals surface area contributed by atoms with E-state index in [1.165, 1.54) is 14.2 Å². The summed E-state index contributed by atoms with van der Waals surface area (Å²) in [5, 5.41) is 17.9. The van der Waals surface area contributed by atoms with Crippen LogP contribution in [-0.4, -0.2) is 43.0 Å². The maximum absolute atomic E-state index is 13.4. The predicted molar refractivity (Wildman–Crippen MR) is 160 cm³/mol. The van der Waals surface area contributed by atoms with Crippen LogP contribution in [-0.2, 0) is 14.4 Å². The van der Waals surface area contributed by atoms with E-state index in [4.69, 9.17) is 9.47 Å². The summed E-state index contributed by atoms with van der Waals surface area (Å²) in [6.07, 6.45) is -0.0212. The van der Waals surface area contributed by atoms with Crippen molar-refractivity contribution >= 4 is 35.1 Å². The smallest absolute Gasteiger partial charge is 0.305 e. The van der Waals surface area contributed by atoms with Gasteiger partial charge < -0.3 is 30.5 Å². The van der Waals surface area contributed by atoms with E-state index in [1.807, 2.05) is 19.9 Å². The largest absolute Gasteiger partial charge is 0.493 e. The number of hydrogen-bond acceptors (Lipinski definition) is 6. The van der Waals surface area contributed by atoms with E-state index in [2.05, 4.69) is 16.0 Å². The van der Waals surface area contributed by atoms with Gasteiger partial charge in [0, 0.05) is 29.3 Å². The minimum atomic E-state index is -1.09. The number of carbonyl (C=O) groups is 4. The zero-order chi connectivity index (χ0) is 30.6. The highest BCUT2D eigenvalue weighted by molar-refractivity contribution is 6.04. The van der Waals surface area contributed by atoms with Gasteiger partial charge in [0.25, 0.3) is 5.91 Å². The lowest BCUT2D eigenvalue weighted by atomic mass is 9.92. The summed E-state index contributed by atoms with van der Waals surface area (Å²) in [5.41, 5.74) is 2.14. The minimum absolute atomic E-state index is 0.0950. The summed E-state index contributed by atoms with van der Waals surface area (Å²) < 4.78 is 10.6. The van der Waals surface area contributed by atoms with Crippen LogP contribution in [0.2, 0.25) is 0 Å². The molecule has 0 saturated heterocycles. The third kappa shape index (κ3) is 9.36. The van der Waals surface area contributed by atoms with Gasteiger partial charge in [-0.15, -0.1) is 0 Å². The van der Waals surface area contributed by atoms with Crippen LogP contribution in [0.1, 0.15) is 55.1 Å². The molecule has 0 aliphatic heterocycles. The fourth-order valence-electron chi connectivity index (χ4n) is 4.50. The molecule has 2 atom stereocenters. The van der Waals surface area contributed by atoms with E-state index in [9.17, 15) is 24.3 Å². The number of hydrogen-bond donors (Lipinski definition) is 4. The molecule has 3 aromatic rings. The monoisotopic (exact) mass is 575 g/mol. The van der Waals surface area contributed by atoms with Crippen LogP contribution in [0.3, 0.4) is 0 Å². The molecule has 0 heterocycles. The maximum atomic E-state index is 13.4. The molecule has 0 aromatic heterocycles. The van der Waals surface area contributed by atoms with E-state index in [0.717, 1.165) is 0 Å². The summed E-state index contributed by atoms with van der Waals surface area (Å²) >= 11 is 0. The first kappa shape index (κ1) is 31.7. The van der Waals surface area contributed by atoms with Crippen molar-refractivity contribution in [3.63, 3.8) is 0 Å². The second kappa shape index (κ2) is 15.2. The highest BCUT2D eigenvalue weighted by Gasteiger charge is 2.27. The van der Waals surface area contributed by atoms with Crippen LogP contribution in [0.25, 0.3) is 0 Å². The van der Waals surface area contributed by atoms with E-state index in [0.29, 0.717) is 40.4 Å². The second-order valence-corrected chi connectivity index (χ2v) is 10.2. The van der Waals surface area contributed by atoms with Crippen molar-refractivity contribution < 1.29 is 33.8 Å². The molecule has 0 spiro atoms. The van der Waals surface area contributed by atoms with Gasteiger partial charge >= 0.3 is 5.97 Å². The van der Waals surface area contributed by atoms with Crippen LogP contribution in [0.5, 0.6) is 11.5 Å². The van der Waals surface area contributed by atoms with Crippen molar-refractivity contribution in [3.8, 4) is 11.5 Å². The summed E-state index contributed by atoms with van der Waals surface area (Å²) in [6, 6.07) is 19.6. The average molecular weight is 576 g/mol. The number of methoxy groups -OCH3 is 2. The molecule has 0 aliphatic rings. The Kier molecular flexibility index (Phi) is 11.5. The summed E-state index contributed by atoms with van der Waals surface area (Å²) in [5.74, 6) is -1.81. The molecule has 2 unspecified atom stereocenters. The highest BCUT2D eigenvalue weighted by atomic mass is 16.5. The number of ether oxygens (including phenoxy) is 2. The molecule has 4 N–H and O–H groups in total. The molecular weight excluding hydrogens is 538 g/mol. The van der Waals surface area contributed by atoms with Gasteiger partial charge in [-0.25, -0.2) is 0 Å². The van der Waals surface area contributed by atoms with Gasteiger partial charge in [0.2, 0.25) is 11.8 Å². The molecular formula is C32H37N3O7. The standard InChI is InChI=1S/C32H37N3O7/c1-20(2)16-23(32(40)35-26(19-30(37)38)22-10-15-27(41-3)28(17-22)42-4)18-29(36)33-24-11-13-25(14-12-24)34-31(39)21-8-6-5-7-9-21/h5-15,17,20,23,26H,16,18-19H2,1-4H3,(H,33,36)(H,34,39)(H,35,40)(H,37,38). The van der Waals surface area contributed by atoms with Gasteiger partial charge in [-0.1, -0.05) is 38.1 Å². The molecule has 3 aromatic carbocycles. The van der Waals surface area contributed by atoms with Gasteiger partial charge in [0.05, 0.1) is 26.7 Å². The van der Waals surface area contributed by atoms with E-state index < -0.39 is 23.8 Å². The number of aliphatic carboxylic acids is 1. The van der Waals surface area contributed by atoms with Gasteiger partial charge in [0.1, 0.15) is 0 Å². The van der Waals surface area contributed by atoms with Gasteiger partial charge in [-0.05, 0) is 66.4 Å². The Morgan fingerprint density at radius 3 is 1.98 bits per heavy atom. The van der Waals surface area contributed by atoms with Gasteiger partial charge in [-0.3, -0.25) is 19.2 Å². The van der Waals surface area contributed by atoms with E-state index >= 15 is 0 Å². The number of carboxylic acid groups (broad SMARTS) is 1. The Morgan fingerprint density at radius 2 is 1.40 bits per heavy atom. The Morgan fingerprint density at radius 1 is 0.786 bits per heavy atom. The molecule has 3 amide bonds. The summed E-state index contributed by atoms with van der Waals surface area (Å²) in [6.45, 7) is 3.90. The van der Waals surface area contributed by atoms with E-state index in [-0.39, 0.29) is 30.6 Å². The van der Waals surface area contributed by atoms with Crippen LogP contribution in [0.15, 0.2) is 72.8 Å². The van der Waals surface area contributed by atoms with Crippen molar-refractivity contribution in [1.29, 1.82) is 0 Å². The van der Waals surface area contributed by atoms with Gasteiger partial charge in [0.15, 0.2) is 11.5 Å². The Bertz CT molecular complexity index is 1370. The fraction of sp³-hybridized carbons (Fsp3) is 0.312. The lowest BCUT2D eigenvalue weighted by Gasteiger charge is -2.24. The number of benzene rings is 3. The lowest BCUT2D eigenvalue weighted by molar-refractivity contribution is -0.138. The number of carbonyl (C=O) groups excluding carboxylic acids is 3. The first-order chi connectivity index (χ1) is 20.1. The molecule has 222 valence electrons. The Balaban J connectivity index is 1.67. The van der Waals surface area contributed by atoms with Crippen LogP contribution < -0.4 is 25.4 Å². The van der Waals surface area contributed by atoms with Crippen molar-refractivity contribution in [1.82, 2.24) is 5.32 Å². The molecule has 0 fully saturated rings. The van der Waals surface area contributed by atoms with Crippen LogP contribution >= 0.6 is 0 Å². The molecule has 0 aliphatic carbocycles. The maximum Gasteiger partial charge on any atom is 0.305 e. The zero-order valence-electron chi connectivity index (χ0n) is 24.2. The van der Waals surface area contributed by atoms with Crippen LogP contribution in [0.4, 0.5) is 11.4 Å². The third-order valence-electron chi connectivity index (χ3n) is 6.53. The number of amides is 3. The lowest BCUT2D eigenvalue weighted by Crippen LogP contribution is -2.37. The van der Waals surface area contributed by atoms with Crippen molar-refractivity contribution in [2.75, 3.05) is 24.9 Å². The average Bonchev–Trinajstić information content (AvgIpc) is 2.97. The van der Waals surface area contributed by atoms with Crippen molar-refractivity contribution in [3.05, 3.63) is 83.9 Å². The topological polar surface area (TPSA) is 143 Å². The number of anilines is 2. The first-order valence-electron chi connectivity index (χ1n) is 13.6. The van der Waals surface area contributed by atoms with Gasteiger partial charge in [-0.2, -0.15) is 0 Å². The molecule has 0 radical (unpaired) electrons. The van der Waals surface area contributed by atoms with Crippen LogP contribution in [0, 0.1) is 11.8 Å². The molecule has 0 bridgehead atoms. The number of carboxylic acids is 1. The molecule has 0 saturated carbocycles. The number of rotatable bonds is 14.